The van der Waals surface area contributed by atoms with Crippen molar-refractivity contribution in [1.29, 1.82) is 0 Å². The molecule has 0 radical (unpaired) electrons. The summed E-state index contributed by atoms with van der Waals surface area (Å²) in [5.74, 6) is -0.389. The molecular weight excluding hydrogens is 286 g/mol. The molecule has 3 rings (SSSR count). The lowest BCUT2D eigenvalue weighted by Gasteiger charge is -1.97. The first-order valence-corrected chi connectivity index (χ1v) is 7.23. The summed E-state index contributed by atoms with van der Waals surface area (Å²) in [6.45, 7) is 3.44. The van der Waals surface area contributed by atoms with Gasteiger partial charge in [0.25, 0.3) is 5.91 Å². The normalized spacial score (nSPS) is 10.8. The Bertz CT molecular complexity index is 848. The first-order chi connectivity index (χ1) is 10.0. The summed E-state index contributed by atoms with van der Waals surface area (Å²) < 4.78 is 1.03. The number of amides is 1. The van der Waals surface area contributed by atoms with Gasteiger partial charge in [-0.15, -0.1) is 0 Å². The SMILES string of the molecule is CC(=O)c1c[nH]c(C(=O)Nc2nc3c(C)cccc3s2)c1. The van der Waals surface area contributed by atoms with E-state index in [1.807, 2.05) is 25.1 Å². The van der Waals surface area contributed by atoms with E-state index in [4.69, 9.17) is 0 Å². The Hall–Kier alpha value is -2.47. The standard InChI is InChI=1S/C15H13N3O2S/c1-8-4-3-5-12-13(8)17-15(21-12)18-14(20)11-6-10(7-16-11)9(2)19/h3-7,16H,1-2H3,(H,17,18,20). The van der Waals surface area contributed by atoms with Gasteiger partial charge in [0.1, 0.15) is 5.69 Å². The molecule has 0 saturated carbocycles. The fourth-order valence-electron chi connectivity index (χ4n) is 2.03. The number of rotatable bonds is 3. The van der Waals surface area contributed by atoms with Gasteiger partial charge in [-0.25, -0.2) is 4.98 Å². The number of ketones is 1. The number of para-hydroxylation sites is 1. The summed E-state index contributed by atoms with van der Waals surface area (Å²) in [6, 6.07) is 7.46. The lowest BCUT2D eigenvalue weighted by molar-refractivity contribution is 0.101. The smallest absolute Gasteiger partial charge is 0.273 e. The Morgan fingerprint density at radius 3 is 2.81 bits per heavy atom. The highest BCUT2D eigenvalue weighted by atomic mass is 32.1. The van der Waals surface area contributed by atoms with Crippen molar-refractivity contribution in [2.24, 2.45) is 0 Å². The van der Waals surface area contributed by atoms with Crippen LogP contribution in [0.25, 0.3) is 10.2 Å². The minimum atomic E-state index is -0.306. The number of thiazole rings is 1. The number of hydrogen-bond acceptors (Lipinski definition) is 4. The number of fused-ring (bicyclic) bond motifs is 1. The van der Waals surface area contributed by atoms with Gasteiger partial charge in [0.2, 0.25) is 0 Å². The molecule has 5 nitrogen and oxygen atoms in total. The van der Waals surface area contributed by atoms with Crippen LogP contribution in [0.1, 0.15) is 33.3 Å². The van der Waals surface area contributed by atoms with Gasteiger partial charge in [0.15, 0.2) is 10.9 Å². The van der Waals surface area contributed by atoms with Crippen molar-refractivity contribution in [3.8, 4) is 0 Å². The van der Waals surface area contributed by atoms with E-state index >= 15 is 0 Å². The van der Waals surface area contributed by atoms with Gasteiger partial charge in [-0.05, 0) is 31.5 Å². The predicted molar refractivity (Wildman–Crippen MR) is 83.1 cm³/mol. The zero-order valence-corrected chi connectivity index (χ0v) is 12.4. The van der Waals surface area contributed by atoms with Crippen LogP contribution in [0.5, 0.6) is 0 Å². The van der Waals surface area contributed by atoms with Gasteiger partial charge in [-0.2, -0.15) is 0 Å². The zero-order valence-electron chi connectivity index (χ0n) is 11.6. The van der Waals surface area contributed by atoms with Crippen molar-refractivity contribution in [1.82, 2.24) is 9.97 Å². The van der Waals surface area contributed by atoms with E-state index in [0.717, 1.165) is 15.8 Å². The van der Waals surface area contributed by atoms with Gasteiger partial charge in [-0.3, -0.25) is 14.9 Å². The van der Waals surface area contributed by atoms with E-state index in [2.05, 4.69) is 15.3 Å². The molecule has 2 N–H and O–H groups in total. The van der Waals surface area contributed by atoms with Gasteiger partial charge in [-0.1, -0.05) is 23.5 Å². The molecule has 0 bridgehead atoms. The Morgan fingerprint density at radius 2 is 2.14 bits per heavy atom. The summed E-state index contributed by atoms with van der Waals surface area (Å²) in [5.41, 5.74) is 2.80. The maximum Gasteiger partial charge on any atom is 0.273 e. The molecule has 2 heterocycles. The molecule has 0 spiro atoms. The lowest BCUT2D eigenvalue weighted by Crippen LogP contribution is -2.11. The van der Waals surface area contributed by atoms with Crippen LogP contribution in [0.3, 0.4) is 0 Å². The number of Topliss-reactive ketones (excluding diaryl/α,β-unsaturated/α-hetero) is 1. The second kappa shape index (κ2) is 5.14. The van der Waals surface area contributed by atoms with Crippen LogP contribution < -0.4 is 5.32 Å². The summed E-state index contributed by atoms with van der Waals surface area (Å²) >= 11 is 1.42. The number of anilines is 1. The average molecular weight is 299 g/mol. The summed E-state index contributed by atoms with van der Waals surface area (Å²) in [6.07, 6.45) is 1.53. The zero-order chi connectivity index (χ0) is 15.0. The molecule has 21 heavy (non-hydrogen) atoms. The van der Waals surface area contributed by atoms with Gasteiger partial charge >= 0.3 is 0 Å². The topological polar surface area (TPSA) is 74.8 Å². The molecule has 0 aliphatic heterocycles. The molecule has 0 atom stereocenters. The number of aromatic nitrogens is 2. The first-order valence-electron chi connectivity index (χ1n) is 6.41. The van der Waals surface area contributed by atoms with Crippen LogP contribution in [0, 0.1) is 6.92 Å². The lowest BCUT2D eigenvalue weighted by atomic mass is 10.2. The molecule has 0 fully saturated rings. The van der Waals surface area contributed by atoms with E-state index in [1.165, 1.54) is 30.5 Å². The second-order valence-electron chi connectivity index (χ2n) is 4.75. The van der Waals surface area contributed by atoms with Crippen LogP contribution in [0.4, 0.5) is 5.13 Å². The van der Waals surface area contributed by atoms with Crippen molar-refractivity contribution in [2.45, 2.75) is 13.8 Å². The number of aryl methyl sites for hydroxylation is 1. The maximum absolute atomic E-state index is 12.1. The van der Waals surface area contributed by atoms with Crippen molar-refractivity contribution in [2.75, 3.05) is 5.32 Å². The van der Waals surface area contributed by atoms with Crippen LogP contribution in [-0.4, -0.2) is 21.7 Å². The Kier molecular flexibility index (Phi) is 3.31. The average Bonchev–Trinajstić information content (AvgIpc) is 3.05. The van der Waals surface area contributed by atoms with E-state index in [-0.39, 0.29) is 11.7 Å². The largest absolute Gasteiger partial charge is 0.356 e. The number of nitrogens with zero attached hydrogens (tertiary/aromatic N) is 1. The van der Waals surface area contributed by atoms with E-state index in [9.17, 15) is 9.59 Å². The quantitative estimate of drug-likeness (QED) is 0.728. The summed E-state index contributed by atoms with van der Waals surface area (Å²) in [4.78, 5) is 30.6. The number of carbonyl (C=O) groups is 2. The Labute approximate surface area is 125 Å². The van der Waals surface area contributed by atoms with Crippen LogP contribution in [-0.2, 0) is 0 Å². The highest BCUT2D eigenvalue weighted by Crippen LogP contribution is 2.28. The molecule has 2 aromatic heterocycles. The minimum Gasteiger partial charge on any atom is -0.356 e. The van der Waals surface area contributed by atoms with Crippen LogP contribution in [0.2, 0.25) is 0 Å². The maximum atomic E-state index is 12.1. The van der Waals surface area contributed by atoms with Crippen molar-refractivity contribution < 1.29 is 9.59 Å². The number of nitrogens with one attached hydrogen (secondary N) is 2. The molecule has 0 aliphatic carbocycles. The van der Waals surface area contributed by atoms with E-state index < -0.39 is 0 Å². The van der Waals surface area contributed by atoms with Crippen LogP contribution in [0.15, 0.2) is 30.5 Å². The molecule has 1 amide bonds. The van der Waals surface area contributed by atoms with Crippen molar-refractivity contribution in [3.63, 3.8) is 0 Å². The molecule has 0 unspecified atom stereocenters. The number of benzene rings is 1. The van der Waals surface area contributed by atoms with Crippen LogP contribution >= 0.6 is 11.3 Å². The molecule has 3 aromatic rings. The van der Waals surface area contributed by atoms with E-state index in [1.54, 1.807) is 0 Å². The number of H-pyrrole nitrogens is 1. The molecule has 0 aliphatic rings. The third-order valence-electron chi connectivity index (χ3n) is 3.18. The van der Waals surface area contributed by atoms with Gasteiger partial charge in [0, 0.05) is 11.8 Å². The van der Waals surface area contributed by atoms with Gasteiger partial charge < -0.3 is 4.98 Å². The number of carbonyl (C=O) groups excluding carboxylic acids is 2. The van der Waals surface area contributed by atoms with E-state index in [0.29, 0.717) is 16.4 Å². The predicted octanol–water partition coefficient (Wildman–Crippen LogP) is 3.39. The highest BCUT2D eigenvalue weighted by Gasteiger charge is 2.13. The fourth-order valence-corrected chi connectivity index (χ4v) is 2.97. The fraction of sp³-hybridized carbons (Fsp3) is 0.133. The molecule has 0 saturated heterocycles. The highest BCUT2D eigenvalue weighted by molar-refractivity contribution is 7.22. The molecule has 106 valence electrons. The Balaban J connectivity index is 1.85. The third-order valence-corrected chi connectivity index (χ3v) is 4.11. The second-order valence-corrected chi connectivity index (χ2v) is 5.78. The molecule has 1 aromatic carbocycles. The molecular formula is C15H13N3O2S. The summed E-state index contributed by atoms with van der Waals surface area (Å²) in [5, 5.41) is 3.30. The Morgan fingerprint density at radius 1 is 1.33 bits per heavy atom. The number of aromatic amines is 1. The van der Waals surface area contributed by atoms with Crippen molar-refractivity contribution >= 4 is 38.4 Å². The number of hydrogen-bond donors (Lipinski definition) is 2. The first kappa shape index (κ1) is 13.5. The monoisotopic (exact) mass is 299 g/mol. The summed E-state index contributed by atoms with van der Waals surface area (Å²) in [7, 11) is 0. The third kappa shape index (κ3) is 2.57. The van der Waals surface area contributed by atoms with Crippen molar-refractivity contribution in [3.05, 3.63) is 47.3 Å². The minimum absolute atomic E-state index is 0.0825. The van der Waals surface area contributed by atoms with Gasteiger partial charge in [0.05, 0.1) is 10.2 Å². The molecule has 6 heteroatoms.